The Labute approximate surface area is 103 Å². The van der Waals surface area contributed by atoms with Crippen LogP contribution in [0.3, 0.4) is 0 Å². The summed E-state index contributed by atoms with van der Waals surface area (Å²) in [4.78, 5) is 11.7. The molecule has 0 aliphatic carbocycles. The van der Waals surface area contributed by atoms with E-state index < -0.39 is 0 Å². The van der Waals surface area contributed by atoms with Crippen LogP contribution >= 0.6 is 23.2 Å². The quantitative estimate of drug-likeness (QED) is 0.760. The zero-order valence-electron chi connectivity index (χ0n) is 8.39. The maximum absolute atomic E-state index is 11.7. The summed E-state index contributed by atoms with van der Waals surface area (Å²) < 4.78 is 0. The van der Waals surface area contributed by atoms with E-state index in [1.807, 2.05) is 0 Å². The van der Waals surface area contributed by atoms with Gasteiger partial charge in [0.15, 0.2) is 0 Å². The number of hydrazine groups is 1. The summed E-state index contributed by atoms with van der Waals surface area (Å²) in [5, 5.41) is 3.67. The lowest BCUT2D eigenvalue weighted by Crippen LogP contribution is -2.39. The number of carbonyl (C=O) groups excluding carboxylic acids is 1. The topological polar surface area (TPSA) is 53.2 Å². The predicted molar refractivity (Wildman–Crippen MR) is 64.6 cm³/mol. The lowest BCUT2D eigenvalue weighted by atomic mass is 10.2. The molecule has 1 aliphatic heterocycles. The van der Waals surface area contributed by atoms with Crippen LogP contribution in [0, 0.1) is 0 Å². The van der Waals surface area contributed by atoms with E-state index in [-0.39, 0.29) is 11.9 Å². The van der Waals surface area contributed by atoms with Crippen molar-refractivity contribution in [1.29, 1.82) is 0 Å². The van der Waals surface area contributed by atoms with E-state index in [2.05, 4.69) is 16.2 Å². The van der Waals surface area contributed by atoms with E-state index in [0.717, 1.165) is 13.0 Å². The van der Waals surface area contributed by atoms with Crippen molar-refractivity contribution in [3.8, 4) is 0 Å². The van der Waals surface area contributed by atoms with E-state index in [1.165, 1.54) is 0 Å². The van der Waals surface area contributed by atoms with Crippen LogP contribution in [0.5, 0.6) is 0 Å². The highest BCUT2D eigenvalue weighted by Gasteiger charge is 2.21. The molecule has 0 spiro atoms. The van der Waals surface area contributed by atoms with Gasteiger partial charge in [0.05, 0.1) is 10.0 Å². The van der Waals surface area contributed by atoms with Crippen LogP contribution in [0.1, 0.15) is 6.42 Å². The van der Waals surface area contributed by atoms with E-state index in [1.54, 1.807) is 18.2 Å². The first-order valence-corrected chi connectivity index (χ1v) is 5.67. The van der Waals surface area contributed by atoms with Gasteiger partial charge in [-0.25, -0.2) is 5.43 Å². The minimum atomic E-state index is -0.200. The third-order valence-corrected chi connectivity index (χ3v) is 3.08. The van der Waals surface area contributed by atoms with E-state index in [0.29, 0.717) is 15.7 Å². The number of rotatable bonds is 2. The van der Waals surface area contributed by atoms with Gasteiger partial charge in [0.2, 0.25) is 5.91 Å². The maximum atomic E-state index is 11.7. The second kappa shape index (κ2) is 5.01. The fraction of sp³-hybridized carbons (Fsp3) is 0.300. The number of hydrogen-bond acceptors (Lipinski definition) is 3. The molecule has 1 aromatic carbocycles. The second-order valence-electron chi connectivity index (χ2n) is 3.53. The minimum absolute atomic E-state index is 0.0802. The zero-order chi connectivity index (χ0) is 11.5. The van der Waals surface area contributed by atoms with Gasteiger partial charge >= 0.3 is 0 Å². The van der Waals surface area contributed by atoms with Crippen molar-refractivity contribution in [2.45, 2.75) is 12.5 Å². The summed E-state index contributed by atoms with van der Waals surface area (Å²) in [5.41, 5.74) is 6.43. The molecular weight excluding hydrogens is 249 g/mol. The Hall–Kier alpha value is -0.810. The number of nitrogens with one attached hydrogen (secondary N) is 3. The SMILES string of the molecule is O=C(Nc1ccc(Cl)c(Cl)c1)C1CCNN1. The molecule has 0 radical (unpaired) electrons. The van der Waals surface area contributed by atoms with Gasteiger partial charge in [-0.15, -0.1) is 0 Å². The van der Waals surface area contributed by atoms with Gasteiger partial charge in [-0.3, -0.25) is 10.2 Å². The molecule has 86 valence electrons. The summed E-state index contributed by atoms with van der Waals surface area (Å²) in [5.74, 6) is -0.0802. The van der Waals surface area contributed by atoms with Crippen LogP contribution in [-0.2, 0) is 4.79 Å². The first kappa shape index (κ1) is 11.7. The second-order valence-corrected chi connectivity index (χ2v) is 4.34. The molecule has 1 aliphatic rings. The van der Waals surface area contributed by atoms with E-state index >= 15 is 0 Å². The van der Waals surface area contributed by atoms with Crippen molar-refractivity contribution in [3.63, 3.8) is 0 Å². The van der Waals surface area contributed by atoms with Crippen LogP contribution in [0.4, 0.5) is 5.69 Å². The van der Waals surface area contributed by atoms with Gasteiger partial charge in [0, 0.05) is 12.2 Å². The summed E-state index contributed by atoms with van der Waals surface area (Å²) in [7, 11) is 0. The molecule has 0 aromatic heterocycles. The average molecular weight is 260 g/mol. The van der Waals surface area contributed by atoms with Crippen molar-refractivity contribution in [2.24, 2.45) is 0 Å². The van der Waals surface area contributed by atoms with Crippen molar-refractivity contribution in [3.05, 3.63) is 28.2 Å². The Morgan fingerprint density at radius 1 is 1.38 bits per heavy atom. The molecule has 3 N–H and O–H groups in total. The molecule has 0 bridgehead atoms. The van der Waals surface area contributed by atoms with Crippen LogP contribution < -0.4 is 16.2 Å². The molecule has 1 atom stereocenters. The summed E-state index contributed by atoms with van der Waals surface area (Å²) >= 11 is 11.6. The molecule has 0 saturated carbocycles. The van der Waals surface area contributed by atoms with Crippen LogP contribution in [0.15, 0.2) is 18.2 Å². The number of benzene rings is 1. The summed E-state index contributed by atoms with van der Waals surface area (Å²) in [6, 6.07) is 4.80. The standard InChI is InChI=1S/C10H11Cl2N3O/c11-7-2-1-6(5-8(7)12)14-10(16)9-3-4-13-15-9/h1-2,5,9,13,15H,3-4H2,(H,14,16). The highest BCUT2D eigenvalue weighted by Crippen LogP contribution is 2.25. The monoisotopic (exact) mass is 259 g/mol. The molecule has 4 nitrogen and oxygen atoms in total. The number of hydrogen-bond donors (Lipinski definition) is 3. The summed E-state index contributed by atoms with van der Waals surface area (Å²) in [6.45, 7) is 0.791. The first-order valence-electron chi connectivity index (χ1n) is 4.91. The van der Waals surface area contributed by atoms with E-state index in [4.69, 9.17) is 23.2 Å². The predicted octanol–water partition coefficient (Wildman–Crippen LogP) is 1.80. The maximum Gasteiger partial charge on any atom is 0.242 e. The first-order chi connectivity index (χ1) is 7.66. The van der Waals surface area contributed by atoms with Crippen LogP contribution in [-0.4, -0.2) is 18.5 Å². The third kappa shape index (κ3) is 2.65. The van der Waals surface area contributed by atoms with Gasteiger partial charge in [0.1, 0.15) is 6.04 Å². The number of halogens is 2. The van der Waals surface area contributed by atoms with Gasteiger partial charge in [-0.1, -0.05) is 23.2 Å². The Bertz CT molecular complexity index is 405. The van der Waals surface area contributed by atoms with Gasteiger partial charge in [-0.2, -0.15) is 0 Å². The lowest BCUT2D eigenvalue weighted by molar-refractivity contribution is -0.117. The van der Waals surface area contributed by atoms with Crippen molar-refractivity contribution < 1.29 is 4.79 Å². The Morgan fingerprint density at radius 2 is 2.19 bits per heavy atom. The van der Waals surface area contributed by atoms with Crippen molar-refractivity contribution >= 4 is 34.8 Å². The van der Waals surface area contributed by atoms with Gasteiger partial charge in [0.25, 0.3) is 0 Å². The van der Waals surface area contributed by atoms with Crippen molar-refractivity contribution in [2.75, 3.05) is 11.9 Å². The van der Waals surface area contributed by atoms with Crippen LogP contribution in [0.25, 0.3) is 0 Å². The molecule has 6 heteroatoms. The molecule has 1 saturated heterocycles. The van der Waals surface area contributed by atoms with Crippen molar-refractivity contribution in [1.82, 2.24) is 10.9 Å². The molecule has 16 heavy (non-hydrogen) atoms. The minimum Gasteiger partial charge on any atom is -0.325 e. The van der Waals surface area contributed by atoms with Gasteiger partial charge in [-0.05, 0) is 24.6 Å². The summed E-state index contributed by atoms with van der Waals surface area (Å²) in [6.07, 6.45) is 0.771. The Balaban J connectivity index is 2.02. The third-order valence-electron chi connectivity index (χ3n) is 2.34. The number of amides is 1. The Morgan fingerprint density at radius 3 is 2.81 bits per heavy atom. The molecular formula is C10H11Cl2N3O. The number of anilines is 1. The Kier molecular flexibility index (Phi) is 3.66. The molecule has 1 amide bonds. The highest BCUT2D eigenvalue weighted by atomic mass is 35.5. The largest absolute Gasteiger partial charge is 0.325 e. The fourth-order valence-electron chi connectivity index (χ4n) is 1.48. The van der Waals surface area contributed by atoms with E-state index in [9.17, 15) is 4.79 Å². The molecule has 1 aromatic rings. The number of carbonyl (C=O) groups is 1. The van der Waals surface area contributed by atoms with Crippen LogP contribution in [0.2, 0.25) is 10.0 Å². The average Bonchev–Trinajstić information content (AvgIpc) is 2.77. The smallest absolute Gasteiger partial charge is 0.242 e. The molecule has 1 unspecified atom stereocenters. The fourth-order valence-corrected chi connectivity index (χ4v) is 1.78. The molecule has 1 fully saturated rings. The molecule has 2 rings (SSSR count). The normalized spacial score (nSPS) is 19.8. The lowest BCUT2D eigenvalue weighted by Gasteiger charge is -2.10. The molecule has 1 heterocycles. The highest BCUT2D eigenvalue weighted by molar-refractivity contribution is 6.42. The zero-order valence-corrected chi connectivity index (χ0v) is 9.90. The van der Waals surface area contributed by atoms with Gasteiger partial charge < -0.3 is 5.32 Å².